The minimum absolute atomic E-state index is 0.0875. The van der Waals surface area contributed by atoms with E-state index in [4.69, 9.17) is 4.74 Å². The van der Waals surface area contributed by atoms with Gasteiger partial charge in [0, 0.05) is 26.1 Å². The number of hydrogen-bond acceptors (Lipinski definition) is 3. The zero-order chi connectivity index (χ0) is 20.4. The van der Waals surface area contributed by atoms with Crippen LogP contribution in [-0.2, 0) is 9.53 Å². The zero-order valence-electron chi connectivity index (χ0n) is 17.4. The molecule has 2 aromatic carbocycles. The van der Waals surface area contributed by atoms with Gasteiger partial charge in [-0.05, 0) is 72.8 Å². The zero-order valence-corrected chi connectivity index (χ0v) is 17.4. The monoisotopic (exact) mass is 390 g/mol. The third-order valence-corrected chi connectivity index (χ3v) is 6.42. The van der Waals surface area contributed by atoms with Gasteiger partial charge in [-0.15, -0.1) is 0 Å². The van der Waals surface area contributed by atoms with Crippen LogP contribution >= 0.6 is 0 Å². The molecule has 2 aromatic rings. The van der Waals surface area contributed by atoms with E-state index < -0.39 is 0 Å². The van der Waals surface area contributed by atoms with E-state index in [-0.39, 0.29) is 17.5 Å². The predicted molar refractivity (Wildman–Crippen MR) is 117 cm³/mol. The molecule has 0 saturated carbocycles. The van der Waals surface area contributed by atoms with E-state index in [1.54, 1.807) is 0 Å². The Kier molecular flexibility index (Phi) is 5.86. The molecule has 3 nitrogen and oxygen atoms in total. The first-order chi connectivity index (χ1) is 14.0. The molecule has 0 radical (unpaired) electrons. The molecule has 1 saturated heterocycles. The number of aliphatic hydroxyl groups excluding tert-OH is 1. The van der Waals surface area contributed by atoms with Crippen LogP contribution in [0.4, 0.5) is 0 Å². The fourth-order valence-electron chi connectivity index (χ4n) is 5.03. The second-order valence-corrected chi connectivity index (χ2v) is 8.66. The normalized spacial score (nSPS) is 20.9. The minimum Gasteiger partial charge on any atom is -0.512 e. The summed E-state index contributed by atoms with van der Waals surface area (Å²) in [4.78, 5) is 13.1. The smallest absolute Gasteiger partial charge is 0.167 e. The maximum Gasteiger partial charge on any atom is 0.167 e. The van der Waals surface area contributed by atoms with Gasteiger partial charge in [0.05, 0.1) is 5.57 Å². The van der Waals surface area contributed by atoms with Gasteiger partial charge < -0.3 is 9.84 Å². The third kappa shape index (κ3) is 4.30. The molecule has 152 valence electrons. The van der Waals surface area contributed by atoms with Crippen molar-refractivity contribution in [2.24, 2.45) is 11.8 Å². The molecule has 2 aliphatic rings. The number of carbonyl (C=O) groups excluding carboxylic acids is 1. The van der Waals surface area contributed by atoms with E-state index in [0.717, 1.165) is 60.3 Å². The van der Waals surface area contributed by atoms with E-state index in [9.17, 15) is 9.90 Å². The lowest BCUT2D eigenvalue weighted by Crippen LogP contribution is -2.24. The van der Waals surface area contributed by atoms with Crippen LogP contribution in [0.1, 0.15) is 48.8 Å². The number of aryl methyl sites for hydroxylation is 2. The highest BCUT2D eigenvalue weighted by Crippen LogP contribution is 2.39. The lowest BCUT2D eigenvalue weighted by molar-refractivity contribution is -0.115. The van der Waals surface area contributed by atoms with Crippen molar-refractivity contribution in [3.8, 4) is 11.1 Å². The molecule has 1 atom stereocenters. The summed E-state index contributed by atoms with van der Waals surface area (Å²) in [6, 6.07) is 14.5. The summed E-state index contributed by atoms with van der Waals surface area (Å²) < 4.78 is 5.45. The van der Waals surface area contributed by atoms with Crippen molar-refractivity contribution < 1.29 is 14.6 Å². The molecule has 29 heavy (non-hydrogen) atoms. The Morgan fingerprint density at radius 1 is 0.931 bits per heavy atom. The van der Waals surface area contributed by atoms with Crippen molar-refractivity contribution in [3.63, 3.8) is 0 Å². The van der Waals surface area contributed by atoms with Crippen molar-refractivity contribution >= 4 is 11.4 Å². The van der Waals surface area contributed by atoms with Crippen LogP contribution in [0, 0.1) is 25.7 Å². The van der Waals surface area contributed by atoms with E-state index >= 15 is 0 Å². The molecule has 0 spiro atoms. The maximum absolute atomic E-state index is 13.1. The molecule has 0 aromatic heterocycles. The van der Waals surface area contributed by atoms with Crippen molar-refractivity contribution in [2.45, 2.75) is 46.0 Å². The molecule has 1 heterocycles. The molecule has 1 aliphatic heterocycles. The second kappa shape index (κ2) is 8.54. The Labute approximate surface area is 173 Å². The number of hydrogen-bond donors (Lipinski definition) is 1. The Morgan fingerprint density at radius 3 is 2.21 bits per heavy atom. The van der Waals surface area contributed by atoms with E-state index in [0.29, 0.717) is 24.3 Å². The van der Waals surface area contributed by atoms with Crippen LogP contribution in [0.5, 0.6) is 0 Å². The summed E-state index contributed by atoms with van der Waals surface area (Å²) in [5, 5.41) is 10.9. The molecule has 1 aliphatic carbocycles. The topological polar surface area (TPSA) is 46.5 Å². The Morgan fingerprint density at radius 2 is 1.59 bits per heavy atom. The number of carbonyl (C=O) groups is 1. The van der Waals surface area contributed by atoms with E-state index in [2.05, 4.69) is 24.3 Å². The predicted octanol–water partition coefficient (Wildman–Crippen LogP) is 6.04. The van der Waals surface area contributed by atoms with Crippen LogP contribution in [0.2, 0.25) is 0 Å². The highest BCUT2D eigenvalue weighted by atomic mass is 16.5. The number of allylic oxidation sites excluding steroid dienone is 2. The lowest BCUT2D eigenvalue weighted by Gasteiger charge is -2.30. The fourth-order valence-corrected chi connectivity index (χ4v) is 5.03. The summed E-state index contributed by atoms with van der Waals surface area (Å²) in [7, 11) is 0. The first-order valence-corrected chi connectivity index (χ1v) is 10.7. The van der Waals surface area contributed by atoms with E-state index in [1.165, 1.54) is 0 Å². The van der Waals surface area contributed by atoms with Crippen LogP contribution in [0.15, 0.2) is 48.2 Å². The van der Waals surface area contributed by atoms with Crippen molar-refractivity contribution in [3.05, 3.63) is 64.9 Å². The average molecular weight is 391 g/mol. The van der Waals surface area contributed by atoms with Crippen LogP contribution in [0.25, 0.3) is 16.7 Å². The highest BCUT2D eigenvalue weighted by Gasteiger charge is 2.32. The van der Waals surface area contributed by atoms with Gasteiger partial charge in [0.1, 0.15) is 5.76 Å². The maximum atomic E-state index is 13.1. The Hall–Kier alpha value is -2.39. The number of rotatable bonds is 4. The van der Waals surface area contributed by atoms with Gasteiger partial charge in [0.25, 0.3) is 0 Å². The summed E-state index contributed by atoms with van der Waals surface area (Å²) in [6.45, 7) is 5.72. The molecule has 1 unspecified atom stereocenters. The SMILES string of the molecule is Cc1cc(-c2ccccc2)cc(C)c1C1=C(O)CC(CC2CCOCC2)CC1=O. The Balaban J connectivity index is 1.60. The quantitative estimate of drug-likeness (QED) is 0.693. The number of Topliss-reactive ketones (excluding diaryl/α,β-unsaturated/α-hetero) is 1. The van der Waals surface area contributed by atoms with Gasteiger partial charge in [-0.25, -0.2) is 0 Å². The standard InChI is InChI=1S/C26H30O3/c1-17-12-22(21-6-4-3-5-7-21)13-18(2)25(17)26-23(27)15-20(16-24(26)28)14-19-8-10-29-11-9-19/h3-7,12-13,19-20,27H,8-11,14-16H2,1-2H3. The van der Waals surface area contributed by atoms with Gasteiger partial charge >= 0.3 is 0 Å². The summed E-state index contributed by atoms with van der Waals surface area (Å²) in [5.41, 5.74) is 5.85. The van der Waals surface area contributed by atoms with Gasteiger partial charge in [-0.1, -0.05) is 42.5 Å². The van der Waals surface area contributed by atoms with Gasteiger partial charge in [-0.3, -0.25) is 4.79 Å². The van der Waals surface area contributed by atoms with E-state index in [1.807, 2.05) is 32.0 Å². The molecule has 0 bridgehead atoms. The second-order valence-electron chi connectivity index (χ2n) is 8.66. The van der Waals surface area contributed by atoms with Crippen molar-refractivity contribution in [1.82, 2.24) is 0 Å². The van der Waals surface area contributed by atoms with Crippen LogP contribution in [0.3, 0.4) is 0 Å². The fraction of sp³-hybridized carbons (Fsp3) is 0.423. The van der Waals surface area contributed by atoms with Gasteiger partial charge in [-0.2, -0.15) is 0 Å². The number of ketones is 1. The Bertz CT molecular complexity index is 897. The van der Waals surface area contributed by atoms with Crippen molar-refractivity contribution in [2.75, 3.05) is 13.2 Å². The molecule has 0 amide bonds. The number of ether oxygens (including phenoxy) is 1. The first-order valence-electron chi connectivity index (χ1n) is 10.7. The van der Waals surface area contributed by atoms with Gasteiger partial charge in [0.15, 0.2) is 5.78 Å². The molecular formula is C26H30O3. The minimum atomic E-state index is 0.0875. The average Bonchev–Trinajstić information content (AvgIpc) is 2.71. The molecule has 1 fully saturated rings. The summed E-state index contributed by atoms with van der Waals surface area (Å²) in [5.74, 6) is 1.23. The summed E-state index contributed by atoms with van der Waals surface area (Å²) in [6.07, 6.45) is 4.30. The lowest BCUT2D eigenvalue weighted by atomic mass is 9.77. The van der Waals surface area contributed by atoms with Crippen LogP contribution < -0.4 is 0 Å². The van der Waals surface area contributed by atoms with Gasteiger partial charge in [0.2, 0.25) is 0 Å². The molecule has 3 heteroatoms. The summed E-state index contributed by atoms with van der Waals surface area (Å²) >= 11 is 0. The van der Waals surface area contributed by atoms with Crippen molar-refractivity contribution in [1.29, 1.82) is 0 Å². The van der Waals surface area contributed by atoms with Crippen LogP contribution in [-0.4, -0.2) is 24.1 Å². The number of aliphatic hydroxyl groups is 1. The first kappa shape index (κ1) is 19.9. The molecular weight excluding hydrogens is 360 g/mol. The third-order valence-electron chi connectivity index (χ3n) is 6.42. The number of benzene rings is 2. The molecule has 1 N–H and O–H groups in total. The molecule has 4 rings (SSSR count). The highest BCUT2D eigenvalue weighted by molar-refractivity contribution is 6.22. The largest absolute Gasteiger partial charge is 0.512 e.